The Morgan fingerprint density at radius 3 is 2.49 bits per heavy atom. The van der Waals surface area contributed by atoms with Crippen molar-refractivity contribution in [2.24, 2.45) is 5.41 Å². The molecule has 0 aliphatic heterocycles. The largest absolute Gasteiger partial charge is 0.330 e. The molecule has 1 heterocycles. The lowest BCUT2D eigenvalue weighted by atomic mass is 9.71. The molecule has 1 N–H and O–H groups in total. The van der Waals surface area contributed by atoms with Crippen LogP contribution in [0.5, 0.6) is 0 Å². The Kier molecular flexibility index (Phi) is 10.7. The summed E-state index contributed by atoms with van der Waals surface area (Å²) in [6.45, 7) is 14.9. The van der Waals surface area contributed by atoms with Gasteiger partial charge in [-0.3, -0.25) is 4.79 Å². The van der Waals surface area contributed by atoms with E-state index in [1.165, 1.54) is 11.1 Å². The van der Waals surface area contributed by atoms with Gasteiger partial charge in [-0.25, -0.2) is 4.98 Å². The van der Waals surface area contributed by atoms with Crippen LogP contribution in [0.1, 0.15) is 67.3 Å². The number of para-hydroxylation sites is 1. The zero-order chi connectivity index (χ0) is 25.8. The van der Waals surface area contributed by atoms with E-state index < -0.39 is 0 Å². The molecular formula is C31H41N3O. The first-order valence-corrected chi connectivity index (χ1v) is 12.5. The van der Waals surface area contributed by atoms with E-state index in [0.717, 1.165) is 29.7 Å². The number of amides is 1. The second kappa shape index (κ2) is 13.5. The van der Waals surface area contributed by atoms with Crippen LogP contribution in [0.2, 0.25) is 0 Å². The highest BCUT2D eigenvalue weighted by Gasteiger charge is 2.32. The number of carbonyl (C=O) groups excluding carboxylic acids is 1. The van der Waals surface area contributed by atoms with E-state index in [0.29, 0.717) is 6.04 Å². The Morgan fingerprint density at radius 1 is 1.11 bits per heavy atom. The lowest BCUT2D eigenvalue weighted by Crippen LogP contribution is -2.25. The molecule has 0 fully saturated rings. The first-order valence-electron chi connectivity index (χ1n) is 12.5. The van der Waals surface area contributed by atoms with Crippen LogP contribution in [0, 0.1) is 5.41 Å². The number of carbonyl (C=O) groups is 1. The van der Waals surface area contributed by atoms with Crippen molar-refractivity contribution in [3.05, 3.63) is 108 Å². The predicted octanol–water partition coefficient (Wildman–Crippen LogP) is 8.23. The van der Waals surface area contributed by atoms with Crippen molar-refractivity contribution >= 4 is 11.6 Å². The van der Waals surface area contributed by atoms with Crippen molar-refractivity contribution in [3.8, 4) is 0 Å². The monoisotopic (exact) mass is 471 g/mol. The van der Waals surface area contributed by atoms with Crippen molar-refractivity contribution in [1.29, 1.82) is 0 Å². The van der Waals surface area contributed by atoms with Crippen LogP contribution >= 0.6 is 0 Å². The average Bonchev–Trinajstić information content (AvgIpc) is 3.35. The van der Waals surface area contributed by atoms with Gasteiger partial charge in [0.25, 0.3) is 0 Å². The summed E-state index contributed by atoms with van der Waals surface area (Å²) in [5, 5.41) is 2.87. The third-order valence-corrected chi connectivity index (χ3v) is 6.21. The number of nitrogens with one attached hydrogen (secondary N) is 1. The molecule has 2 aromatic rings. The number of imidazole rings is 1. The topological polar surface area (TPSA) is 46.9 Å². The van der Waals surface area contributed by atoms with Gasteiger partial charge in [-0.15, -0.1) is 0 Å². The molecule has 3 rings (SSSR count). The highest BCUT2D eigenvalue weighted by atomic mass is 16.1. The Balaban J connectivity index is 0.00000210. The summed E-state index contributed by atoms with van der Waals surface area (Å²) in [5.41, 5.74) is 5.81. The molecule has 0 saturated carbocycles. The quantitative estimate of drug-likeness (QED) is 0.326. The van der Waals surface area contributed by atoms with E-state index in [2.05, 4.69) is 67.0 Å². The number of hydrogen-bond acceptors (Lipinski definition) is 2. The third kappa shape index (κ3) is 8.40. The molecule has 0 radical (unpaired) electrons. The number of anilines is 1. The van der Waals surface area contributed by atoms with Gasteiger partial charge in [-0.05, 0) is 67.9 Å². The van der Waals surface area contributed by atoms with Crippen molar-refractivity contribution in [1.82, 2.24) is 9.55 Å². The van der Waals surface area contributed by atoms with Crippen molar-refractivity contribution < 1.29 is 4.79 Å². The molecule has 1 amide bonds. The number of allylic oxidation sites excluding steroid dienone is 9. The Bertz CT molecular complexity index is 1100. The molecule has 0 saturated heterocycles. The van der Waals surface area contributed by atoms with Crippen LogP contribution in [0.3, 0.4) is 0 Å². The molecule has 186 valence electrons. The number of aromatic nitrogens is 2. The Morgan fingerprint density at radius 2 is 1.83 bits per heavy atom. The van der Waals surface area contributed by atoms with Crippen LogP contribution in [-0.2, 0) is 4.79 Å². The maximum absolute atomic E-state index is 12.1. The SMILES string of the molecule is CC.CC1=C(/C=C/C(C)=C/C=C/C(C)=C/C(=O)Nc2ccccc2)C(C)(C)CCC1n1ccnc1. The van der Waals surface area contributed by atoms with Crippen LogP contribution in [0.15, 0.2) is 108 Å². The molecule has 35 heavy (non-hydrogen) atoms. The smallest absolute Gasteiger partial charge is 0.248 e. The first kappa shape index (κ1) is 27.8. The van der Waals surface area contributed by atoms with Crippen LogP contribution in [0.4, 0.5) is 5.69 Å². The summed E-state index contributed by atoms with van der Waals surface area (Å²) < 4.78 is 2.22. The Hall–Kier alpha value is -3.40. The maximum atomic E-state index is 12.1. The summed E-state index contributed by atoms with van der Waals surface area (Å²) in [7, 11) is 0. The number of nitrogens with zero attached hydrogens (tertiary/aromatic N) is 2. The normalized spacial score (nSPS) is 18.5. The Labute approximate surface area is 211 Å². The van der Waals surface area contributed by atoms with Gasteiger partial charge < -0.3 is 9.88 Å². The zero-order valence-corrected chi connectivity index (χ0v) is 22.4. The zero-order valence-electron chi connectivity index (χ0n) is 22.4. The van der Waals surface area contributed by atoms with Crippen molar-refractivity contribution in [2.75, 3.05) is 5.32 Å². The number of rotatable bonds is 7. The fourth-order valence-electron chi connectivity index (χ4n) is 4.32. The molecule has 1 unspecified atom stereocenters. The predicted molar refractivity (Wildman–Crippen MR) is 149 cm³/mol. The molecule has 4 nitrogen and oxygen atoms in total. The second-order valence-corrected chi connectivity index (χ2v) is 9.39. The summed E-state index contributed by atoms with van der Waals surface area (Å²) in [4.78, 5) is 16.4. The standard InChI is InChI=1S/C29H35N3O.C2H6/c1-22(10-9-11-23(2)20-28(33)31-25-12-7-6-8-13-25)14-15-26-24(3)27(16-17-29(26,4)5)32-19-18-30-21-32;1-2/h6-15,18-21,27H,16-17H2,1-5H3,(H,31,33);1-2H3/b11-9+,15-14+,22-10+,23-20+;. The molecule has 1 aromatic heterocycles. The van der Waals surface area contributed by atoms with E-state index >= 15 is 0 Å². The molecule has 1 atom stereocenters. The highest BCUT2D eigenvalue weighted by Crippen LogP contribution is 2.45. The summed E-state index contributed by atoms with van der Waals surface area (Å²) in [6, 6.07) is 9.84. The number of hydrogen-bond donors (Lipinski definition) is 1. The average molecular weight is 472 g/mol. The summed E-state index contributed by atoms with van der Waals surface area (Å²) in [6.07, 6.45) is 20.2. The molecule has 0 bridgehead atoms. The van der Waals surface area contributed by atoms with Crippen LogP contribution < -0.4 is 5.32 Å². The van der Waals surface area contributed by atoms with E-state index in [4.69, 9.17) is 0 Å². The van der Waals surface area contributed by atoms with Gasteiger partial charge in [0, 0.05) is 24.2 Å². The van der Waals surface area contributed by atoms with E-state index in [1.54, 1.807) is 6.08 Å². The minimum absolute atomic E-state index is 0.127. The maximum Gasteiger partial charge on any atom is 0.248 e. The van der Waals surface area contributed by atoms with Gasteiger partial charge in [0.15, 0.2) is 0 Å². The lowest BCUT2D eigenvalue weighted by molar-refractivity contribution is -0.111. The molecule has 1 aromatic carbocycles. The summed E-state index contributed by atoms with van der Waals surface area (Å²) in [5.74, 6) is -0.127. The van der Waals surface area contributed by atoms with Gasteiger partial charge in [-0.1, -0.05) is 81.8 Å². The fraction of sp³-hybridized carbons (Fsp3) is 0.355. The molecule has 4 heteroatoms. The van der Waals surface area contributed by atoms with Crippen LogP contribution in [0.25, 0.3) is 0 Å². The highest BCUT2D eigenvalue weighted by molar-refractivity contribution is 5.99. The molecular weight excluding hydrogens is 430 g/mol. The van der Waals surface area contributed by atoms with E-state index in [9.17, 15) is 4.79 Å². The van der Waals surface area contributed by atoms with Crippen molar-refractivity contribution in [2.45, 2.75) is 67.3 Å². The van der Waals surface area contributed by atoms with Crippen LogP contribution in [-0.4, -0.2) is 15.5 Å². The molecule has 0 spiro atoms. The van der Waals surface area contributed by atoms with Gasteiger partial charge in [0.1, 0.15) is 0 Å². The number of benzene rings is 1. The van der Waals surface area contributed by atoms with Crippen molar-refractivity contribution in [3.63, 3.8) is 0 Å². The minimum atomic E-state index is -0.127. The van der Waals surface area contributed by atoms with E-state index in [1.807, 2.05) is 75.8 Å². The van der Waals surface area contributed by atoms with E-state index in [-0.39, 0.29) is 11.3 Å². The fourth-order valence-corrected chi connectivity index (χ4v) is 4.32. The lowest BCUT2D eigenvalue weighted by Gasteiger charge is -2.37. The molecule has 1 aliphatic rings. The molecule has 1 aliphatic carbocycles. The van der Waals surface area contributed by atoms with Gasteiger partial charge in [0.05, 0.1) is 12.4 Å². The summed E-state index contributed by atoms with van der Waals surface area (Å²) >= 11 is 0. The second-order valence-electron chi connectivity index (χ2n) is 9.39. The first-order chi connectivity index (χ1) is 16.8. The third-order valence-electron chi connectivity index (χ3n) is 6.21. The minimum Gasteiger partial charge on any atom is -0.330 e. The van der Waals surface area contributed by atoms with Gasteiger partial charge in [-0.2, -0.15) is 0 Å². The van der Waals surface area contributed by atoms with Gasteiger partial charge in [0.2, 0.25) is 5.91 Å². The van der Waals surface area contributed by atoms with Gasteiger partial charge >= 0.3 is 0 Å².